The van der Waals surface area contributed by atoms with Crippen molar-refractivity contribution in [3.8, 4) is 0 Å². The first-order chi connectivity index (χ1) is 16.4. The number of piperazine rings is 1. The zero-order chi connectivity index (χ0) is 24.0. The Kier molecular flexibility index (Phi) is 5.95. The van der Waals surface area contributed by atoms with E-state index in [2.05, 4.69) is 4.90 Å². The van der Waals surface area contributed by atoms with Crippen LogP contribution >= 0.6 is 11.6 Å². The summed E-state index contributed by atoms with van der Waals surface area (Å²) in [6.07, 6.45) is 1.34. The van der Waals surface area contributed by atoms with Gasteiger partial charge in [-0.3, -0.25) is 23.3 Å². The molecule has 2 aliphatic heterocycles. The molecular formula is C23H27ClN6O4. The van der Waals surface area contributed by atoms with Crippen LogP contribution in [-0.4, -0.2) is 68.4 Å². The summed E-state index contributed by atoms with van der Waals surface area (Å²) < 4.78 is 9.87. The van der Waals surface area contributed by atoms with Gasteiger partial charge in [-0.05, 0) is 24.5 Å². The van der Waals surface area contributed by atoms with Gasteiger partial charge in [0.1, 0.15) is 6.10 Å². The molecule has 180 valence electrons. The number of amides is 1. The minimum atomic E-state index is -0.432. The minimum Gasteiger partial charge on any atom is -0.368 e. The maximum Gasteiger partial charge on any atom is 0.332 e. The summed E-state index contributed by atoms with van der Waals surface area (Å²) in [5.41, 5.74) is 0.674. The van der Waals surface area contributed by atoms with Gasteiger partial charge in [0.25, 0.3) is 11.5 Å². The summed E-state index contributed by atoms with van der Waals surface area (Å²) in [6, 6.07) is 7.46. The lowest BCUT2D eigenvalue weighted by Crippen LogP contribution is -2.52. The van der Waals surface area contributed by atoms with E-state index in [-0.39, 0.29) is 12.0 Å². The molecule has 2 saturated heterocycles. The third kappa shape index (κ3) is 3.80. The van der Waals surface area contributed by atoms with Crippen molar-refractivity contribution in [2.24, 2.45) is 14.1 Å². The summed E-state index contributed by atoms with van der Waals surface area (Å²) in [5.74, 6) is 0.621. The molecule has 34 heavy (non-hydrogen) atoms. The second kappa shape index (κ2) is 8.92. The molecule has 3 aromatic rings. The summed E-state index contributed by atoms with van der Waals surface area (Å²) in [4.78, 5) is 47.1. The maximum atomic E-state index is 13.2. The van der Waals surface area contributed by atoms with E-state index in [1.54, 1.807) is 13.1 Å². The largest absolute Gasteiger partial charge is 0.368 e. The molecule has 5 rings (SSSR count). The fourth-order valence-corrected chi connectivity index (χ4v) is 4.92. The molecule has 0 radical (unpaired) electrons. The van der Waals surface area contributed by atoms with Gasteiger partial charge in [-0.15, -0.1) is 0 Å². The van der Waals surface area contributed by atoms with Crippen molar-refractivity contribution in [2.75, 3.05) is 37.7 Å². The highest BCUT2D eigenvalue weighted by Crippen LogP contribution is 2.25. The number of benzene rings is 1. The van der Waals surface area contributed by atoms with Gasteiger partial charge in [0.2, 0.25) is 5.95 Å². The second-order valence-electron chi connectivity index (χ2n) is 8.78. The van der Waals surface area contributed by atoms with E-state index in [1.165, 1.54) is 11.6 Å². The maximum absolute atomic E-state index is 13.2. The number of carbonyl (C=O) groups is 1. The topological polar surface area (TPSA) is 94.6 Å². The van der Waals surface area contributed by atoms with Crippen LogP contribution in [0.25, 0.3) is 11.2 Å². The van der Waals surface area contributed by atoms with Gasteiger partial charge < -0.3 is 14.5 Å². The van der Waals surface area contributed by atoms with Crippen LogP contribution in [0.15, 0.2) is 33.9 Å². The van der Waals surface area contributed by atoms with E-state index in [4.69, 9.17) is 21.3 Å². The van der Waals surface area contributed by atoms with Crippen molar-refractivity contribution in [2.45, 2.75) is 25.5 Å². The van der Waals surface area contributed by atoms with Gasteiger partial charge in [-0.25, -0.2) is 4.79 Å². The van der Waals surface area contributed by atoms with Crippen molar-refractivity contribution < 1.29 is 9.53 Å². The number of aromatic nitrogens is 4. The van der Waals surface area contributed by atoms with Gasteiger partial charge in [0, 0.05) is 51.9 Å². The van der Waals surface area contributed by atoms with Crippen LogP contribution in [0.1, 0.15) is 18.4 Å². The third-order valence-electron chi connectivity index (χ3n) is 6.69. The van der Waals surface area contributed by atoms with Crippen LogP contribution in [0.5, 0.6) is 0 Å². The SMILES string of the molecule is Cn1c(=O)c2c(nc(N3CCN(C(=O)C4CCCO4)CC3)n2Cc2ccccc2Cl)n(C)c1=O. The van der Waals surface area contributed by atoms with Crippen LogP contribution < -0.4 is 16.1 Å². The fourth-order valence-electron chi connectivity index (χ4n) is 4.73. The van der Waals surface area contributed by atoms with Crippen LogP contribution in [0.3, 0.4) is 0 Å². The Morgan fingerprint density at radius 1 is 1.12 bits per heavy atom. The molecule has 1 unspecified atom stereocenters. The summed E-state index contributed by atoms with van der Waals surface area (Å²) in [6.45, 7) is 3.14. The monoisotopic (exact) mass is 486 g/mol. The lowest BCUT2D eigenvalue weighted by Gasteiger charge is -2.36. The Balaban J connectivity index is 1.53. The Morgan fingerprint density at radius 3 is 2.53 bits per heavy atom. The molecule has 2 fully saturated rings. The lowest BCUT2D eigenvalue weighted by atomic mass is 10.2. The number of nitrogens with zero attached hydrogens (tertiary/aromatic N) is 6. The highest BCUT2D eigenvalue weighted by molar-refractivity contribution is 6.31. The zero-order valence-corrected chi connectivity index (χ0v) is 20.0. The number of hydrogen-bond donors (Lipinski definition) is 0. The molecule has 1 atom stereocenters. The smallest absolute Gasteiger partial charge is 0.332 e. The number of anilines is 1. The predicted octanol–water partition coefficient (Wildman–Crippen LogP) is 0.963. The second-order valence-corrected chi connectivity index (χ2v) is 9.19. The molecule has 0 bridgehead atoms. The Bertz CT molecular complexity index is 1360. The van der Waals surface area contributed by atoms with E-state index in [1.807, 2.05) is 27.7 Å². The average molecular weight is 487 g/mol. The van der Waals surface area contributed by atoms with Crippen molar-refractivity contribution >= 4 is 34.6 Å². The number of aryl methyl sites for hydroxylation is 1. The van der Waals surface area contributed by atoms with E-state index < -0.39 is 11.2 Å². The number of ether oxygens (including phenoxy) is 1. The number of rotatable bonds is 4. The van der Waals surface area contributed by atoms with Crippen molar-refractivity contribution in [3.63, 3.8) is 0 Å². The first kappa shape index (κ1) is 22.7. The van der Waals surface area contributed by atoms with Crippen molar-refractivity contribution in [1.29, 1.82) is 0 Å². The number of carbonyl (C=O) groups excluding carboxylic acids is 1. The fraction of sp³-hybridized carbons (Fsp3) is 0.478. The summed E-state index contributed by atoms with van der Waals surface area (Å²) >= 11 is 6.43. The van der Waals surface area contributed by atoms with E-state index in [0.29, 0.717) is 61.5 Å². The Hall–Kier alpha value is -3.11. The first-order valence-corrected chi connectivity index (χ1v) is 11.8. The molecular weight excluding hydrogens is 460 g/mol. The highest BCUT2D eigenvalue weighted by Gasteiger charge is 2.32. The predicted molar refractivity (Wildman–Crippen MR) is 129 cm³/mol. The van der Waals surface area contributed by atoms with Gasteiger partial charge in [0.05, 0.1) is 6.54 Å². The molecule has 10 nitrogen and oxygen atoms in total. The number of fused-ring (bicyclic) bond motifs is 1. The minimum absolute atomic E-state index is 0.0398. The highest BCUT2D eigenvalue weighted by atomic mass is 35.5. The van der Waals surface area contributed by atoms with Gasteiger partial charge in [-0.2, -0.15) is 4.98 Å². The van der Waals surface area contributed by atoms with Crippen LogP contribution in [0, 0.1) is 0 Å². The molecule has 0 N–H and O–H groups in total. The third-order valence-corrected chi connectivity index (χ3v) is 7.06. The van der Waals surface area contributed by atoms with Crippen LogP contribution in [-0.2, 0) is 30.2 Å². The van der Waals surface area contributed by atoms with E-state index in [9.17, 15) is 14.4 Å². The lowest BCUT2D eigenvalue weighted by molar-refractivity contribution is -0.141. The standard InChI is InChI=1S/C23H27ClN6O4/c1-26-19-18(21(32)27(2)23(26)33)30(14-15-6-3-4-7-16(15)24)22(25-19)29-11-9-28(10-12-29)20(31)17-8-5-13-34-17/h3-4,6-7,17H,5,8-14H2,1-2H3. The summed E-state index contributed by atoms with van der Waals surface area (Å²) in [5, 5.41) is 0.587. The van der Waals surface area contributed by atoms with Crippen LogP contribution in [0.2, 0.25) is 5.02 Å². The normalized spacial score (nSPS) is 18.7. The van der Waals surface area contributed by atoms with Crippen LogP contribution in [0.4, 0.5) is 5.95 Å². The van der Waals surface area contributed by atoms with Gasteiger partial charge >= 0.3 is 5.69 Å². The van der Waals surface area contributed by atoms with E-state index in [0.717, 1.165) is 23.0 Å². The van der Waals surface area contributed by atoms with Crippen molar-refractivity contribution in [3.05, 3.63) is 55.7 Å². The number of halogens is 1. The molecule has 0 aliphatic carbocycles. The molecule has 2 aromatic heterocycles. The molecule has 0 spiro atoms. The first-order valence-electron chi connectivity index (χ1n) is 11.4. The molecule has 2 aliphatic rings. The quantitative estimate of drug-likeness (QED) is 0.545. The average Bonchev–Trinajstić information content (AvgIpc) is 3.51. The Labute approximate surface area is 200 Å². The number of hydrogen-bond acceptors (Lipinski definition) is 6. The number of imidazole rings is 1. The zero-order valence-electron chi connectivity index (χ0n) is 19.2. The summed E-state index contributed by atoms with van der Waals surface area (Å²) in [7, 11) is 3.07. The molecule has 11 heteroatoms. The van der Waals surface area contributed by atoms with Gasteiger partial charge in [-0.1, -0.05) is 29.8 Å². The van der Waals surface area contributed by atoms with Gasteiger partial charge in [0.15, 0.2) is 11.2 Å². The van der Waals surface area contributed by atoms with E-state index >= 15 is 0 Å². The van der Waals surface area contributed by atoms with Crippen molar-refractivity contribution in [1.82, 2.24) is 23.6 Å². The molecule has 1 amide bonds. The molecule has 4 heterocycles. The molecule has 1 aromatic carbocycles. The molecule has 0 saturated carbocycles. The Morgan fingerprint density at radius 2 is 1.85 bits per heavy atom.